The third-order valence-electron chi connectivity index (χ3n) is 7.49. The number of fused-ring (bicyclic) bond motifs is 1. The van der Waals surface area contributed by atoms with Crippen LogP contribution in [0, 0.1) is 5.41 Å². The molecule has 0 spiro atoms. The number of anilines is 1. The highest BCUT2D eigenvalue weighted by molar-refractivity contribution is 6.40. The third-order valence-corrected chi connectivity index (χ3v) is 8.08. The number of halogens is 2. The molecule has 0 bridgehead atoms. The fourth-order valence-corrected chi connectivity index (χ4v) is 6.11. The fraction of sp³-hybridized carbons (Fsp3) is 0.258. The molecule has 1 fully saturated rings. The molecule has 0 atom stereocenters. The fourth-order valence-electron chi connectivity index (χ4n) is 5.47. The number of benzene rings is 3. The molecule has 0 aliphatic carbocycles. The second-order valence-electron chi connectivity index (χ2n) is 9.90. The van der Waals surface area contributed by atoms with Crippen molar-refractivity contribution >= 4 is 52.6 Å². The lowest BCUT2D eigenvalue weighted by Gasteiger charge is -2.32. The normalized spacial score (nSPS) is 15.3. The Morgan fingerprint density at radius 1 is 1.05 bits per heavy atom. The van der Waals surface area contributed by atoms with Crippen molar-refractivity contribution in [2.45, 2.75) is 13.0 Å². The number of carboxylic acid groups (broad SMARTS) is 1. The van der Waals surface area contributed by atoms with E-state index in [1.54, 1.807) is 36.3 Å². The Hall–Kier alpha value is -3.85. The largest absolute Gasteiger partial charge is 0.478 e. The molecule has 3 aromatic rings. The van der Waals surface area contributed by atoms with Gasteiger partial charge in [0.2, 0.25) is 0 Å². The molecule has 1 saturated heterocycles. The molecule has 41 heavy (non-hydrogen) atoms. The first-order valence-electron chi connectivity index (χ1n) is 13.3. The summed E-state index contributed by atoms with van der Waals surface area (Å²) in [6.07, 6.45) is 3.48. The molecule has 212 valence electrons. The topological polar surface area (TPSA) is 106 Å². The Morgan fingerprint density at radius 2 is 1.78 bits per heavy atom. The van der Waals surface area contributed by atoms with Crippen LogP contribution in [-0.4, -0.2) is 68.0 Å². The van der Waals surface area contributed by atoms with E-state index in [1.165, 1.54) is 6.21 Å². The first-order chi connectivity index (χ1) is 19.8. The second-order valence-corrected chi connectivity index (χ2v) is 10.7. The van der Waals surface area contributed by atoms with Gasteiger partial charge >= 0.3 is 5.97 Å². The van der Waals surface area contributed by atoms with Gasteiger partial charge in [-0.25, -0.2) is 4.79 Å². The molecule has 0 unspecified atom stereocenters. The molecule has 8 nitrogen and oxygen atoms in total. The summed E-state index contributed by atoms with van der Waals surface area (Å²) in [5.41, 5.74) is 6.53. The smallest absolute Gasteiger partial charge is 0.337 e. The van der Waals surface area contributed by atoms with E-state index >= 15 is 0 Å². The van der Waals surface area contributed by atoms with Crippen LogP contribution in [0.3, 0.4) is 0 Å². The molecule has 1 amide bonds. The van der Waals surface area contributed by atoms with Gasteiger partial charge in [-0.3, -0.25) is 4.79 Å². The van der Waals surface area contributed by atoms with Crippen molar-refractivity contribution in [2.24, 2.45) is 0 Å². The molecule has 0 saturated carbocycles. The summed E-state index contributed by atoms with van der Waals surface area (Å²) in [5, 5.41) is 20.8. The van der Waals surface area contributed by atoms with Crippen molar-refractivity contribution in [3.8, 4) is 11.1 Å². The third kappa shape index (κ3) is 5.81. The minimum atomic E-state index is -0.959. The molecule has 10 heteroatoms. The monoisotopic (exact) mass is 592 g/mol. The van der Waals surface area contributed by atoms with Gasteiger partial charge in [-0.05, 0) is 58.5 Å². The Balaban J connectivity index is 1.44. The van der Waals surface area contributed by atoms with Crippen LogP contribution in [0.5, 0.6) is 0 Å². The Kier molecular flexibility index (Phi) is 8.63. The molecule has 3 N–H and O–H groups in total. The molecule has 2 aliphatic heterocycles. The standard InChI is InChI=1S/C31H30Cl2N4O4/c1-35-17-22(16-34)21-13-26(32)29(27(33)14-21)30(38)37-8-7-24-20(18-37)3-2-4-23(24)19-5-6-25(31(39)40)28(15-19)36-9-11-41-12-10-36/h2-6,13-17,34-35H,7-12,18H2,1H3,(H,39,40)/b22-17+,34-16?. The zero-order valence-corrected chi connectivity index (χ0v) is 24.1. The summed E-state index contributed by atoms with van der Waals surface area (Å²) >= 11 is 13.1. The number of morpholine rings is 1. The predicted molar refractivity (Wildman–Crippen MR) is 163 cm³/mol. The van der Waals surface area contributed by atoms with E-state index in [4.69, 9.17) is 33.3 Å². The number of hydrogen-bond donors (Lipinski definition) is 3. The van der Waals surface area contributed by atoms with Crippen LogP contribution in [0.15, 0.2) is 54.7 Å². The van der Waals surface area contributed by atoms with Gasteiger partial charge in [0.15, 0.2) is 0 Å². The van der Waals surface area contributed by atoms with E-state index in [9.17, 15) is 14.7 Å². The number of carbonyl (C=O) groups is 2. The van der Waals surface area contributed by atoms with Gasteiger partial charge in [-0.2, -0.15) is 0 Å². The molecule has 3 aromatic carbocycles. The van der Waals surface area contributed by atoms with Gasteiger partial charge in [-0.1, -0.05) is 47.5 Å². The van der Waals surface area contributed by atoms with Crippen LogP contribution in [0.4, 0.5) is 5.69 Å². The highest BCUT2D eigenvalue weighted by atomic mass is 35.5. The summed E-state index contributed by atoms with van der Waals surface area (Å²) in [7, 11) is 1.73. The number of nitrogens with one attached hydrogen (secondary N) is 2. The molecule has 0 aromatic heterocycles. The maximum atomic E-state index is 13.6. The van der Waals surface area contributed by atoms with Crippen molar-refractivity contribution in [2.75, 3.05) is 44.8 Å². The van der Waals surface area contributed by atoms with Gasteiger partial charge in [-0.15, -0.1) is 0 Å². The first kappa shape index (κ1) is 28.7. The summed E-state index contributed by atoms with van der Waals surface area (Å²) in [4.78, 5) is 29.4. The van der Waals surface area contributed by atoms with Crippen LogP contribution >= 0.6 is 23.2 Å². The average molecular weight is 594 g/mol. The van der Waals surface area contributed by atoms with Crippen molar-refractivity contribution < 1.29 is 19.4 Å². The number of carboxylic acids is 1. The van der Waals surface area contributed by atoms with E-state index in [0.717, 1.165) is 22.3 Å². The van der Waals surface area contributed by atoms with E-state index in [2.05, 4.69) is 10.2 Å². The zero-order chi connectivity index (χ0) is 29.1. The van der Waals surface area contributed by atoms with Gasteiger partial charge in [0.05, 0.1) is 40.1 Å². The van der Waals surface area contributed by atoms with Crippen LogP contribution in [-0.2, 0) is 17.7 Å². The van der Waals surface area contributed by atoms with Crippen LogP contribution < -0.4 is 10.2 Å². The number of ether oxygens (including phenoxy) is 1. The first-order valence-corrected chi connectivity index (χ1v) is 14.1. The number of rotatable bonds is 7. The van der Waals surface area contributed by atoms with Crippen molar-refractivity contribution in [1.82, 2.24) is 10.2 Å². The molecule has 2 heterocycles. The maximum absolute atomic E-state index is 13.6. The molecular weight excluding hydrogens is 563 g/mol. The van der Waals surface area contributed by atoms with Crippen molar-refractivity contribution in [3.05, 3.63) is 92.6 Å². The highest BCUT2D eigenvalue weighted by Gasteiger charge is 2.28. The van der Waals surface area contributed by atoms with Crippen molar-refractivity contribution in [3.63, 3.8) is 0 Å². The number of amides is 1. The molecule has 5 rings (SSSR count). The lowest BCUT2D eigenvalue weighted by molar-refractivity contribution is 0.0694. The summed E-state index contributed by atoms with van der Waals surface area (Å²) in [6, 6.07) is 14.8. The number of aromatic carboxylic acids is 1. The quantitative estimate of drug-likeness (QED) is 0.308. The van der Waals surface area contributed by atoms with Gasteiger partial charge in [0.25, 0.3) is 5.91 Å². The van der Waals surface area contributed by atoms with Crippen LogP contribution in [0.2, 0.25) is 10.0 Å². The second kappa shape index (κ2) is 12.3. The molecular formula is C31H30Cl2N4O4. The Morgan fingerprint density at radius 3 is 2.44 bits per heavy atom. The Labute approximate surface area is 248 Å². The summed E-state index contributed by atoms with van der Waals surface area (Å²) in [6.45, 7) is 3.25. The van der Waals surface area contributed by atoms with Crippen LogP contribution in [0.1, 0.15) is 37.4 Å². The lowest BCUT2D eigenvalue weighted by atomic mass is 9.89. The van der Waals surface area contributed by atoms with Gasteiger partial charge in [0, 0.05) is 51.2 Å². The average Bonchev–Trinajstić information content (AvgIpc) is 2.98. The van der Waals surface area contributed by atoms with Crippen molar-refractivity contribution in [1.29, 1.82) is 5.41 Å². The Bertz CT molecular complexity index is 1530. The SMILES string of the molecule is CN/C=C(\C=N)c1cc(Cl)c(C(=O)N2CCc3c(cccc3-c3ccc(C(=O)O)c(N4CCOCC4)c3)C2)c(Cl)c1. The summed E-state index contributed by atoms with van der Waals surface area (Å²) < 4.78 is 5.47. The van der Waals surface area contributed by atoms with E-state index < -0.39 is 5.97 Å². The highest BCUT2D eigenvalue weighted by Crippen LogP contribution is 2.36. The van der Waals surface area contributed by atoms with Crippen LogP contribution in [0.25, 0.3) is 16.7 Å². The van der Waals surface area contributed by atoms with Gasteiger partial charge < -0.3 is 30.4 Å². The minimum absolute atomic E-state index is 0.232. The molecule has 2 aliphatic rings. The number of carbonyl (C=O) groups excluding carboxylic acids is 1. The van der Waals surface area contributed by atoms with E-state index in [1.807, 2.05) is 30.3 Å². The zero-order valence-electron chi connectivity index (χ0n) is 22.5. The number of allylic oxidation sites excluding steroid dienone is 1. The van der Waals surface area contributed by atoms with Gasteiger partial charge in [0.1, 0.15) is 0 Å². The maximum Gasteiger partial charge on any atom is 0.337 e. The number of nitrogens with zero attached hydrogens (tertiary/aromatic N) is 2. The molecule has 0 radical (unpaired) electrons. The number of hydrogen-bond acceptors (Lipinski definition) is 6. The minimum Gasteiger partial charge on any atom is -0.478 e. The predicted octanol–water partition coefficient (Wildman–Crippen LogP) is 5.60. The lowest BCUT2D eigenvalue weighted by Crippen LogP contribution is -2.37. The van der Waals surface area contributed by atoms with E-state index in [0.29, 0.717) is 62.6 Å². The summed E-state index contributed by atoms with van der Waals surface area (Å²) in [5.74, 6) is -1.21. The van der Waals surface area contributed by atoms with E-state index in [-0.39, 0.29) is 27.1 Å².